The summed E-state index contributed by atoms with van der Waals surface area (Å²) in [4.78, 5) is 19.6. The van der Waals surface area contributed by atoms with Crippen molar-refractivity contribution in [3.8, 4) is 0 Å². The number of aromatic nitrogens is 2. The molecule has 0 saturated heterocycles. The van der Waals surface area contributed by atoms with Crippen molar-refractivity contribution in [2.45, 2.75) is 50.6 Å². The topological polar surface area (TPSA) is 44.1 Å². The number of hydrogen-bond acceptors (Lipinski definition) is 5. The van der Waals surface area contributed by atoms with Crippen LogP contribution in [0.15, 0.2) is 35.3 Å². The summed E-state index contributed by atoms with van der Waals surface area (Å²) in [6, 6.07) is 0. The number of ether oxygens (including phenoxy) is 1. The van der Waals surface area contributed by atoms with E-state index < -0.39 is 0 Å². The minimum absolute atomic E-state index is 0.0602. The maximum absolute atomic E-state index is 13.0. The highest BCUT2D eigenvalue weighted by atomic mass is 32.2. The molecule has 0 bridgehead atoms. The van der Waals surface area contributed by atoms with Crippen molar-refractivity contribution < 1.29 is 4.74 Å². The molecule has 1 unspecified atom stereocenters. The Kier molecular flexibility index (Phi) is 4.99. The molecule has 1 aliphatic heterocycles. The number of imidazole rings is 1. The first kappa shape index (κ1) is 17.5. The van der Waals surface area contributed by atoms with Crippen molar-refractivity contribution in [2.75, 3.05) is 5.75 Å². The van der Waals surface area contributed by atoms with E-state index in [2.05, 4.69) is 36.6 Å². The van der Waals surface area contributed by atoms with Gasteiger partial charge in [-0.15, -0.1) is 24.5 Å². The molecule has 3 rings (SSSR count). The summed E-state index contributed by atoms with van der Waals surface area (Å²) < 4.78 is 8.09. The maximum atomic E-state index is 13.0. The van der Waals surface area contributed by atoms with E-state index in [0.717, 1.165) is 32.6 Å². The third-order valence-corrected chi connectivity index (χ3v) is 6.61. The van der Waals surface area contributed by atoms with Crippen molar-refractivity contribution >= 4 is 33.4 Å². The molecule has 1 atom stereocenters. The SMILES string of the molecule is C=CCSc1nc2c(=O)c3c(sc2n1CC=C)COC(C)(CC)C3. The predicted molar refractivity (Wildman–Crippen MR) is 102 cm³/mol. The monoisotopic (exact) mass is 362 g/mol. The van der Waals surface area contributed by atoms with Crippen LogP contribution in [-0.4, -0.2) is 20.9 Å². The van der Waals surface area contributed by atoms with Crippen LogP contribution < -0.4 is 5.43 Å². The lowest BCUT2D eigenvalue weighted by molar-refractivity contribution is -0.0550. The van der Waals surface area contributed by atoms with Crippen LogP contribution in [0.4, 0.5) is 0 Å². The van der Waals surface area contributed by atoms with E-state index >= 15 is 0 Å². The van der Waals surface area contributed by atoms with Crippen molar-refractivity contribution in [1.82, 2.24) is 9.55 Å². The van der Waals surface area contributed by atoms with Crippen LogP contribution in [0.25, 0.3) is 10.3 Å². The van der Waals surface area contributed by atoms with Gasteiger partial charge in [0.05, 0.1) is 12.2 Å². The van der Waals surface area contributed by atoms with Gasteiger partial charge in [-0.3, -0.25) is 4.79 Å². The highest BCUT2D eigenvalue weighted by Crippen LogP contribution is 2.34. The van der Waals surface area contributed by atoms with Gasteiger partial charge in [0, 0.05) is 29.2 Å². The second-order valence-electron chi connectivity index (χ2n) is 6.15. The Hall–Kier alpha value is -1.37. The molecule has 0 N–H and O–H groups in total. The van der Waals surface area contributed by atoms with Gasteiger partial charge in [-0.1, -0.05) is 30.8 Å². The van der Waals surface area contributed by atoms with Crippen LogP contribution in [0.5, 0.6) is 0 Å². The zero-order chi connectivity index (χ0) is 17.3. The molecule has 6 heteroatoms. The Bertz CT molecular complexity index is 853. The van der Waals surface area contributed by atoms with Crippen molar-refractivity contribution in [3.05, 3.63) is 46.0 Å². The smallest absolute Gasteiger partial charge is 0.211 e. The fourth-order valence-electron chi connectivity index (χ4n) is 2.84. The molecule has 0 aromatic carbocycles. The molecule has 0 radical (unpaired) electrons. The minimum Gasteiger partial charge on any atom is -0.369 e. The highest BCUT2D eigenvalue weighted by molar-refractivity contribution is 7.99. The normalized spacial score (nSPS) is 20.1. The van der Waals surface area contributed by atoms with Gasteiger partial charge in [0.25, 0.3) is 0 Å². The van der Waals surface area contributed by atoms with Crippen molar-refractivity contribution in [3.63, 3.8) is 0 Å². The zero-order valence-electron chi connectivity index (χ0n) is 14.1. The third-order valence-electron chi connectivity index (χ3n) is 4.42. The van der Waals surface area contributed by atoms with Crippen LogP contribution in [0.1, 0.15) is 30.7 Å². The van der Waals surface area contributed by atoms with Gasteiger partial charge >= 0.3 is 0 Å². The molecule has 128 valence electrons. The van der Waals surface area contributed by atoms with Crippen LogP contribution in [0, 0.1) is 0 Å². The molecule has 2 aromatic rings. The fourth-order valence-corrected chi connectivity index (χ4v) is 4.79. The Morgan fingerprint density at radius 1 is 1.46 bits per heavy atom. The minimum atomic E-state index is -0.253. The van der Waals surface area contributed by atoms with Crippen LogP contribution >= 0.6 is 23.1 Å². The van der Waals surface area contributed by atoms with Gasteiger partial charge in [0.1, 0.15) is 10.3 Å². The molecule has 2 aromatic heterocycles. The predicted octanol–water partition coefficient (Wildman–Crippen LogP) is 4.16. The second kappa shape index (κ2) is 6.86. The molecule has 1 aliphatic rings. The summed E-state index contributed by atoms with van der Waals surface area (Å²) in [5.74, 6) is 0.760. The number of fused-ring (bicyclic) bond motifs is 2. The zero-order valence-corrected chi connectivity index (χ0v) is 15.8. The second-order valence-corrected chi connectivity index (χ2v) is 8.22. The first-order chi connectivity index (χ1) is 11.5. The van der Waals surface area contributed by atoms with Crippen LogP contribution in [0.3, 0.4) is 0 Å². The molecule has 0 aliphatic carbocycles. The average Bonchev–Trinajstić information content (AvgIpc) is 2.92. The third kappa shape index (κ3) is 2.98. The number of rotatable bonds is 6. The fraction of sp³-hybridized carbons (Fsp3) is 0.444. The van der Waals surface area contributed by atoms with Gasteiger partial charge in [0.2, 0.25) is 5.43 Å². The molecule has 4 nitrogen and oxygen atoms in total. The van der Waals surface area contributed by atoms with Gasteiger partial charge < -0.3 is 9.30 Å². The Morgan fingerprint density at radius 2 is 2.25 bits per heavy atom. The number of thioether (sulfide) groups is 1. The van der Waals surface area contributed by atoms with E-state index in [-0.39, 0.29) is 11.0 Å². The van der Waals surface area contributed by atoms with Gasteiger partial charge in [-0.2, -0.15) is 0 Å². The summed E-state index contributed by atoms with van der Waals surface area (Å²) in [7, 11) is 0. The van der Waals surface area contributed by atoms with Crippen LogP contribution in [-0.2, 0) is 24.3 Å². The quantitative estimate of drug-likeness (QED) is 0.572. The molecule has 0 fully saturated rings. The Labute approximate surface area is 150 Å². The molecular weight excluding hydrogens is 340 g/mol. The number of nitrogens with zero attached hydrogens (tertiary/aromatic N) is 2. The molecular formula is C18H22N2O2S2. The average molecular weight is 363 g/mol. The molecule has 0 saturated carbocycles. The Balaban J connectivity index is 2.18. The summed E-state index contributed by atoms with van der Waals surface area (Å²) >= 11 is 3.21. The lowest BCUT2D eigenvalue weighted by atomic mass is 9.91. The van der Waals surface area contributed by atoms with Crippen molar-refractivity contribution in [2.24, 2.45) is 0 Å². The van der Waals surface area contributed by atoms with Gasteiger partial charge in [0.15, 0.2) is 5.16 Å². The van der Waals surface area contributed by atoms with Crippen LogP contribution in [0.2, 0.25) is 0 Å². The maximum Gasteiger partial charge on any atom is 0.211 e. The van der Waals surface area contributed by atoms with E-state index in [0.29, 0.717) is 25.1 Å². The molecule has 0 amide bonds. The summed E-state index contributed by atoms with van der Waals surface area (Å²) in [6.07, 6.45) is 5.23. The molecule has 3 heterocycles. The summed E-state index contributed by atoms with van der Waals surface area (Å²) in [6.45, 7) is 12.9. The first-order valence-electron chi connectivity index (χ1n) is 8.06. The molecule has 24 heavy (non-hydrogen) atoms. The summed E-state index contributed by atoms with van der Waals surface area (Å²) in [5, 5.41) is 0.847. The van der Waals surface area contributed by atoms with Gasteiger partial charge in [-0.25, -0.2) is 4.98 Å². The number of hydrogen-bond donors (Lipinski definition) is 0. The van der Waals surface area contributed by atoms with E-state index in [1.165, 1.54) is 0 Å². The molecule has 0 spiro atoms. The Morgan fingerprint density at radius 3 is 2.92 bits per heavy atom. The standard InChI is InChI=1S/C18H22N2O2S2/c1-5-8-20-16-14(19-17(20)23-9-6-2)15(21)12-10-18(4,7-3)22-11-13(12)24-16/h5-6H,1-2,7-11H2,3-4H3. The van der Waals surface area contributed by atoms with Crippen molar-refractivity contribution in [1.29, 1.82) is 0 Å². The van der Waals surface area contributed by atoms with Gasteiger partial charge in [-0.05, 0) is 13.3 Å². The van der Waals surface area contributed by atoms with E-state index in [1.807, 2.05) is 12.2 Å². The van der Waals surface area contributed by atoms with E-state index in [4.69, 9.17) is 4.74 Å². The lowest BCUT2D eigenvalue weighted by Crippen LogP contribution is -2.37. The van der Waals surface area contributed by atoms with E-state index in [9.17, 15) is 4.79 Å². The van der Waals surface area contributed by atoms with E-state index in [1.54, 1.807) is 23.1 Å². The largest absolute Gasteiger partial charge is 0.369 e. The highest BCUT2D eigenvalue weighted by Gasteiger charge is 2.32. The number of allylic oxidation sites excluding steroid dienone is 1. The lowest BCUT2D eigenvalue weighted by Gasteiger charge is -2.33. The first-order valence-corrected chi connectivity index (χ1v) is 9.87. The summed E-state index contributed by atoms with van der Waals surface area (Å²) in [5.41, 5.74) is 1.26.